The van der Waals surface area contributed by atoms with Crippen molar-refractivity contribution in [2.75, 3.05) is 6.54 Å². The van der Waals surface area contributed by atoms with Gasteiger partial charge in [-0.25, -0.2) is 0 Å². The third-order valence-electron chi connectivity index (χ3n) is 4.50. The van der Waals surface area contributed by atoms with Crippen LogP contribution in [0.1, 0.15) is 49.3 Å². The van der Waals surface area contributed by atoms with Gasteiger partial charge in [0.15, 0.2) is 0 Å². The molecule has 98 valence electrons. The Bertz CT molecular complexity index is 478. The van der Waals surface area contributed by atoms with Gasteiger partial charge in [0.25, 0.3) is 0 Å². The molecule has 0 aromatic heterocycles. The van der Waals surface area contributed by atoms with E-state index in [9.17, 15) is 5.11 Å². The van der Waals surface area contributed by atoms with E-state index >= 15 is 0 Å². The summed E-state index contributed by atoms with van der Waals surface area (Å²) in [6.07, 6.45) is 7.09. The van der Waals surface area contributed by atoms with Crippen LogP contribution in [0.2, 0.25) is 0 Å². The largest absolute Gasteiger partial charge is 0.506 e. The minimum Gasteiger partial charge on any atom is -0.506 e. The summed E-state index contributed by atoms with van der Waals surface area (Å²) < 4.78 is 0.855. The van der Waals surface area contributed by atoms with Crippen LogP contribution in [0.15, 0.2) is 10.5 Å². The van der Waals surface area contributed by atoms with Gasteiger partial charge in [0.05, 0.1) is 4.47 Å². The second kappa shape index (κ2) is 4.53. The Morgan fingerprint density at radius 1 is 1.28 bits per heavy atom. The maximum Gasteiger partial charge on any atom is 0.135 e. The van der Waals surface area contributed by atoms with Gasteiger partial charge in [0.2, 0.25) is 0 Å². The van der Waals surface area contributed by atoms with Gasteiger partial charge < -0.3 is 10.4 Å². The fraction of sp³-hybridized carbons (Fsp3) is 0.600. The number of nitrogens with one attached hydrogen (secondary N) is 1. The normalized spacial score (nSPS) is 27.2. The minimum absolute atomic E-state index is 0.0463. The van der Waals surface area contributed by atoms with Gasteiger partial charge >= 0.3 is 0 Å². The van der Waals surface area contributed by atoms with Crippen LogP contribution >= 0.6 is 15.9 Å². The molecule has 2 nitrogen and oxygen atoms in total. The summed E-state index contributed by atoms with van der Waals surface area (Å²) in [5.74, 6) is 0.451. The molecule has 0 amide bonds. The highest BCUT2D eigenvalue weighted by Crippen LogP contribution is 2.44. The molecule has 1 fully saturated rings. The second-order valence-electron chi connectivity index (χ2n) is 5.79. The molecule has 2 N–H and O–H groups in total. The van der Waals surface area contributed by atoms with Crippen LogP contribution in [0, 0.1) is 0 Å². The number of aromatic hydroxyl groups is 1. The molecule has 18 heavy (non-hydrogen) atoms. The van der Waals surface area contributed by atoms with E-state index in [0.29, 0.717) is 5.75 Å². The fourth-order valence-electron chi connectivity index (χ4n) is 3.56. The van der Waals surface area contributed by atoms with E-state index in [1.807, 2.05) is 0 Å². The van der Waals surface area contributed by atoms with Gasteiger partial charge in [0, 0.05) is 11.1 Å². The van der Waals surface area contributed by atoms with Crippen molar-refractivity contribution in [2.45, 2.75) is 51.0 Å². The van der Waals surface area contributed by atoms with Crippen molar-refractivity contribution in [1.82, 2.24) is 5.32 Å². The number of halogens is 1. The zero-order valence-corrected chi connectivity index (χ0v) is 12.4. The van der Waals surface area contributed by atoms with E-state index in [4.69, 9.17) is 0 Å². The Labute approximate surface area is 117 Å². The van der Waals surface area contributed by atoms with Crippen molar-refractivity contribution in [3.05, 3.63) is 27.2 Å². The summed E-state index contributed by atoms with van der Waals surface area (Å²) >= 11 is 3.52. The lowest BCUT2D eigenvalue weighted by Gasteiger charge is -2.32. The summed E-state index contributed by atoms with van der Waals surface area (Å²) in [5, 5.41) is 14.1. The summed E-state index contributed by atoms with van der Waals surface area (Å²) in [6, 6.07) is 2.12. The second-order valence-corrected chi connectivity index (χ2v) is 6.64. The van der Waals surface area contributed by atoms with Crippen molar-refractivity contribution in [1.29, 1.82) is 0 Å². The Hall–Kier alpha value is -0.540. The molecule has 1 aliphatic heterocycles. The van der Waals surface area contributed by atoms with Gasteiger partial charge in [-0.05, 0) is 85.1 Å². The molecule has 1 aromatic carbocycles. The van der Waals surface area contributed by atoms with Crippen molar-refractivity contribution in [2.24, 2.45) is 0 Å². The number of hydrogen-bond acceptors (Lipinski definition) is 2. The zero-order chi connectivity index (χ0) is 12.8. The summed E-state index contributed by atoms with van der Waals surface area (Å²) in [7, 11) is 0. The highest BCUT2D eigenvalue weighted by atomic mass is 79.9. The van der Waals surface area contributed by atoms with Crippen molar-refractivity contribution in [3.8, 4) is 5.75 Å². The molecule has 1 aliphatic carbocycles. The third kappa shape index (κ3) is 1.88. The van der Waals surface area contributed by atoms with Crippen LogP contribution in [-0.2, 0) is 18.4 Å². The summed E-state index contributed by atoms with van der Waals surface area (Å²) in [6.45, 7) is 3.29. The highest BCUT2D eigenvalue weighted by molar-refractivity contribution is 9.10. The predicted molar refractivity (Wildman–Crippen MR) is 77.0 cm³/mol. The van der Waals surface area contributed by atoms with Crippen LogP contribution in [0.3, 0.4) is 0 Å². The van der Waals surface area contributed by atoms with Crippen LogP contribution in [0.4, 0.5) is 0 Å². The van der Waals surface area contributed by atoms with Gasteiger partial charge in [-0.15, -0.1) is 0 Å². The molecule has 0 bridgehead atoms. The number of aryl methyl sites for hydroxylation is 1. The molecule has 3 rings (SSSR count). The number of phenolic OH excluding ortho intramolecular Hbond substituents is 1. The van der Waals surface area contributed by atoms with Crippen LogP contribution in [-0.4, -0.2) is 11.7 Å². The molecule has 3 heteroatoms. The zero-order valence-electron chi connectivity index (χ0n) is 10.9. The predicted octanol–water partition coefficient (Wildman–Crippen LogP) is 3.63. The molecule has 0 radical (unpaired) electrons. The van der Waals surface area contributed by atoms with Crippen molar-refractivity contribution < 1.29 is 5.11 Å². The number of fused-ring (bicyclic) bond motifs is 1. The van der Waals surface area contributed by atoms with E-state index in [0.717, 1.165) is 35.8 Å². The van der Waals surface area contributed by atoms with Crippen molar-refractivity contribution >= 4 is 15.9 Å². The molecule has 1 aromatic rings. The summed E-state index contributed by atoms with van der Waals surface area (Å²) in [4.78, 5) is 0. The molecule has 0 saturated carbocycles. The first-order valence-corrected chi connectivity index (χ1v) is 7.70. The van der Waals surface area contributed by atoms with E-state index in [2.05, 4.69) is 34.2 Å². The molecule has 1 unspecified atom stereocenters. The van der Waals surface area contributed by atoms with Gasteiger partial charge in [0.1, 0.15) is 5.75 Å². The number of rotatable bonds is 1. The monoisotopic (exact) mass is 309 g/mol. The van der Waals surface area contributed by atoms with E-state index in [1.54, 1.807) is 0 Å². The van der Waals surface area contributed by atoms with Gasteiger partial charge in [-0.1, -0.05) is 0 Å². The molecule has 2 aliphatic rings. The average Bonchev–Trinajstić information content (AvgIpc) is 2.78. The number of hydrogen-bond donors (Lipinski definition) is 2. The van der Waals surface area contributed by atoms with E-state index < -0.39 is 0 Å². The van der Waals surface area contributed by atoms with Crippen LogP contribution in [0.25, 0.3) is 0 Å². The Morgan fingerprint density at radius 2 is 2.06 bits per heavy atom. The first-order valence-electron chi connectivity index (χ1n) is 6.90. The lowest BCUT2D eigenvalue weighted by Crippen LogP contribution is -2.35. The third-order valence-corrected chi connectivity index (χ3v) is 5.10. The molecule has 1 atom stereocenters. The maximum absolute atomic E-state index is 10.5. The lowest BCUT2D eigenvalue weighted by atomic mass is 9.79. The van der Waals surface area contributed by atoms with Crippen LogP contribution < -0.4 is 5.32 Å². The maximum atomic E-state index is 10.5. The standard InChI is InChI=1S/C15H20BrNO/c1-15(7-4-8-17-15)13-11-6-3-2-5-10(11)9-12(16)14(13)18/h9,17-18H,2-8H2,1H3. The lowest BCUT2D eigenvalue weighted by molar-refractivity contribution is 0.386. The fourth-order valence-corrected chi connectivity index (χ4v) is 4.03. The Balaban J connectivity index is 2.20. The molecular formula is C15H20BrNO. The molecule has 0 spiro atoms. The van der Waals surface area contributed by atoms with Gasteiger partial charge in [-0.3, -0.25) is 0 Å². The highest BCUT2D eigenvalue weighted by Gasteiger charge is 2.36. The first kappa shape index (κ1) is 12.5. The molecule has 1 heterocycles. The smallest absolute Gasteiger partial charge is 0.135 e. The number of phenols is 1. The topological polar surface area (TPSA) is 32.3 Å². The number of benzene rings is 1. The van der Waals surface area contributed by atoms with Crippen molar-refractivity contribution in [3.63, 3.8) is 0 Å². The minimum atomic E-state index is -0.0463. The quantitative estimate of drug-likeness (QED) is 0.830. The van der Waals surface area contributed by atoms with E-state index in [-0.39, 0.29) is 5.54 Å². The Kier molecular flexibility index (Phi) is 3.15. The average molecular weight is 310 g/mol. The molecule has 1 saturated heterocycles. The SMILES string of the molecule is CC1(c2c(O)c(Br)cc3c2CCCC3)CCCN1. The Morgan fingerprint density at radius 3 is 2.78 bits per heavy atom. The van der Waals surface area contributed by atoms with Crippen LogP contribution in [0.5, 0.6) is 5.75 Å². The molecular weight excluding hydrogens is 290 g/mol. The van der Waals surface area contributed by atoms with E-state index in [1.165, 1.54) is 30.4 Å². The summed E-state index contributed by atoms with van der Waals surface area (Å²) in [5.41, 5.74) is 3.94. The first-order chi connectivity index (χ1) is 8.62. The van der Waals surface area contributed by atoms with Gasteiger partial charge in [-0.2, -0.15) is 0 Å².